The van der Waals surface area contributed by atoms with Gasteiger partial charge in [-0.15, -0.1) is 48.0 Å². The molecule has 0 amide bonds. The number of fused-ring (bicyclic) bond motifs is 4. The Morgan fingerprint density at radius 1 is 0.678 bits per heavy atom. The van der Waals surface area contributed by atoms with E-state index in [1.54, 1.807) is 46.6 Å². The number of aryl methyl sites for hydroxylation is 1. The van der Waals surface area contributed by atoms with Crippen LogP contribution in [-0.4, -0.2) is 9.55 Å². The zero-order valence-corrected chi connectivity index (χ0v) is 34.5. The van der Waals surface area contributed by atoms with E-state index in [0.717, 1.165) is 16.7 Å². The SMILES string of the molecule is [2H]c1c(Oc2[c-]c3c(cc2)c2c([2H])c([2H])c([2H])c([2H])c2n3-c2cc(C(C)(C)C)ccn2)[c-]c(N2[CH-]N(c3c(-c4ccccc4)cc(C([2H])([2H])[2H])cc3-c3ccccc3)c3ccccc32)c([2H])c1[2H].[Pt]. The van der Waals surface area contributed by atoms with E-state index >= 15 is 0 Å². The molecule has 0 atom stereocenters. The first-order valence-corrected chi connectivity index (χ1v) is 18.9. The molecule has 0 N–H and O–H groups in total. The predicted molar refractivity (Wildman–Crippen MR) is 239 cm³/mol. The molecule has 1 aliphatic heterocycles. The van der Waals surface area contributed by atoms with Crippen LogP contribution in [0.3, 0.4) is 0 Å². The van der Waals surface area contributed by atoms with E-state index in [2.05, 4.69) is 37.9 Å². The van der Waals surface area contributed by atoms with Crippen LogP contribution in [0.4, 0.5) is 22.7 Å². The van der Waals surface area contributed by atoms with Crippen molar-refractivity contribution >= 4 is 44.6 Å². The maximum atomic E-state index is 9.25. The topological polar surface area (TPSA) is 33.5 Å². The van der Waals surface area contributed by atoms with Crippen molar-refractivity contribution < 1.29 is 39.5 Å². The minimum absolute atomic E-state index is 0. The van der Waals surface area contributed by atoms with Crippen LogP contribution >= 0.6 is 0 Å². The summed E-state index contributed by atoms with van der Waals surface area (Å²) in [6, 6.07) is 41.1. The molecule has 6 heteroatoms. The van der Waals surface area contributed by atoms with E-state index < -0.39 is 25.0 Å². The molecule has 59 heavy (non-hydrogen) atoms. The maximum absolute atomic E-state index is 9.25. The average Bonchev–Trinajstić information content (AvgIpc) is 3.89. The smallest absolute Gasteiger partial charge is 0.135 e. The fraction of sp³-hybridized carbons (Fsp3) is 0.0943. The van der Waals surface area contributed by atoms with Gasteiger partial charge in [0, 0.05) is 77.9 Å². The third kappa shape index (κ3) is 7.00. The van der Waals surface area contributed by atoms with E-state index in [1.165, 1.54) is 0 Å². The van der Waals surface area contributed by atoms with Crippen LogP contribution in [0.1, 0.15) is 45.6 Å². The standard InChI is InChI=1S/C53H41N4O.Pt/c1-36-30-45(37-16-7-5-8-17-37)52(46(31-36)38-18-9-6-10-19-38)56-35-55(48-24-13-14-25-49(48)56)40-20-15-21-41(33-40)58-42-26-27-44-43-22-11-12-23-47(43)57(50(44)34-42)51-32-39(28-29-54-51)53(2,3)4;/h5-32,35H,1-4H3;/q-3;/i1D3,11D,12D,15D,20D,21D,22D,23D;. The molecule has 292 valence electrons. The van der Waals surface area contributed by atoms with Gasteiger partial charge in [0.25, 0.3) is 0 Å². The molecule has 0 saturated carbocycles. The number of nitrogens with zero attached hydrogens (tertiary/aromatic N) is 4. The first kappa shape index (κ1) is 28.1. The van der Waals surface area contributed by atoms with Crippen molar-refractivity contribution in [2.75, 3.05) is 9.80 Å². The molecule has 0 unspecified atom stereocenters. The van der Waals surface area contributed by atoms with Gasteiger partial charge < -0.3 is 19.1 Å². The van der Waals surface area contributed by atoms with Gasteiger partial charge in [0.05, 0.1) is 5.48 Å². The Hall–Kier alpha value is -6.42. The molecule has 0 spiro atoms. The van der Waals surface area contributed by atoms with Crippen LogP contribution in [0.25, 0.3) is 49.9 Å². The molecule has 0 bridgehead atoms. The summed E-state index contributed by atoms with van der Waals surface area (Å²) in [5, 5.41) is 0.756. The fourth-order valence-electron chi connectivity index (χ4n) is 7.55. The first-order valence-electron chi connectivity index (χ1n) is 23.9. The number of benzene rings is 7. The molecular weight excluding hydrogens is 904 g/mol. The molecular formula is C53H41N4OPt-3. The summed E-state index contributed by atoms with van der Waals surface area (Å²) in [5.74, 6) is 0.334. The molecule has 10 rings (SSSR count). The summed E-state index contributed by atoms with van der Waals surface area (Å²) in [4.78, 5) is 8.32. The van der Waals surface area contributed by atoms with Crippen LogP contribution in [0.2, 0.25) is 0 Å². The fourth-order valence-corrected chi connectivity index (χ4v) is 7.55. The second-order valence-electron chi connectivity index (χ2n) is 15.1. The zero-order valence-electron chi connectivity index (χ0n) is 42.2. The van der Waals surface area contributed by atoms with Crippen LogP contribution in [0.5, 0.6) is 11.5 Å². The molecule has 3 heterocycles. The molecule has 0 aliphatic carbocycles. The third-order valence-electron chi connectivity index (χ3n) is 10.3. The molecule has 0 fully saturated rings. The number of hydrogen-bond donors (Lipinski definition) is 0. The van der Waals surface area contributed by atoms with Crippen LogP contribution in [0.15, 0.2) is 170 Å². The molecule has 0 saturated heterocycles. The molecule has 0 radical (unpaired) electrons. The number of pyridine rings is 1. The van der Waals surface area contributed by atoms with Gasteiger partial charge in [0.1, 0.15) is 5.82 Å². The van der Waals surface area contributed by atoms with E-state index in [0.29, 0.717) is 44.9 Å². The number of ether oxygens (including phenoxy) is 1. The largest absolute Gasteiger partial charge is 0.509 e. The van der Waals surface area contributed by atoms with Gasteiger partial charge in [-0.1, -0.05) is 117 Å². The minimum Gasteiger partial charge on any atom is -0.509 e. The van der Waals surface area contributed by atoms with Gasteiger partial charge in [0.15, 0.2) is 0 Å². The zero-order chi connectivity index (χ0) is 48.0. The summed E-state index contributed by atoms with van der Waals surface area (Å²) in [7, 11) is 0. The summed E-state index contributed by atoms with van der Waals surface area (Å²) in [6.45, 7) is 5.55. The second-order valence-corrected chi connectivity index (χ2v) is 15.1. The van der Waals surface area contributed by atoms with Gasteiger partial charge in [0.2, 0.25) is 0 Å². The quantitative estimate of drug-likeness (QED) is 0.149. The third-order valence-corrected chi connectivity index (χ3v) is 10.3. The van der Waals surface area contributed by atoms with Crippen molar-refractivity contribution in [3.8, 4) is 39.6 Å². The predicted octanol–water partition coefficient (Wildman–Crippen LogP) is 13.9. The van der Waals surface area contributed by atoms with Gasteiger partial charge in [-0.25, -0.2) is 4.98 Å². The monoisotopic (exact) mass is 954 g/mol. The van der Waals surface area contributed by atoms with Crippen molar-refractivity contribution in [1.82, 2.24) is 9.55 Å². The molecule has 5 nitrogen and oxygen atoms in total. The first-order chi connectivity index (χ1) is 32.4. The Morgan fingerprint density at radius 2 is 1.36 bits per heavy atom. The number of para-hydroxylation sites is 3. The molecule has 1 aliphatic rings. The van der Waals surface area contributed by atoms with E-state index in [4.69, 9.17) is 17.1 Å². The van der Waals surface area contributed by atoms with Gasteiger partial charge in [-0.2, -0.15) is 12.1 Å². The van der Waals surface area contributed by atoms with Crippen LogP contribution in [-0.2, 0) is 26.5 Å². The minimum atomic E-state index is -2.42. The van der Waals surface area contributed by atoms with Crippen molar-refractivity contribution in [2.45, 2.75) is 33.0 Å². The number of hydrogen-bond acceptors (Lipinski definition) is 4. The Kier molecular flexibility index (Phi) is 7.33. The normalized spacial score (nSPS) is 15.1. The summed E-state index contributed by atoms with van der Waals surface area (Å²) in [5.41, 5.74) is 6.41. The van der Waals surface area contributed by atoms with E-state index in [1.807, 2.05) is 102 Å². The Bertz CT molecular complexity index is 3420. The molecule has 9 aromatic rings. The summed E-state index contributed by atoms with van der Waals surface area (Å²) >= 11 is 0. The maximum Gasteiger partial charge on any atom is 0.135 e. The van der Waals surface area contributed by atoms with E-state index in [-0.39, 0.29) is 84.3 Å². The number of rotatable bonds is 7. The molecule has 2 aromatic heterocycles. The average molecular weight is 955 g/mol. The van der Waals surface area contributed by atoms with Gasteiger partial charge in [-0.05, 0) is 85.1 Å². The Balaban J connectivity index is 0.00000593. The Labute approximate surface area is 374 Å². The van der Waals surface area contributed by atoms with Gasteiger partial charge in [-0.3, -0.25) is 0 Å². The second kappa shape index (κ2) is 15.4. The summed E-state index contributed by atoms with van der Waals surface area (Å²) < 4.78 is 95.8. The van der Waals surface area contributed by atoms with Crippen molar-refractivity contribution in [3.05, 3.63) is 200 Å². The van der Waals surface area contributed by atoms with Crippen LogP contribution in [0, 0.1) is 25.7 Å². The Morgan fingerprint density at radius 3 is 2.05 bits per heavy atom. The number of aromatic nitrogens is 2. The van der Waals surface area contributed by atoms with E-state index in [9.17, 15) is 1.37 Å². The molecule has 7 aromatic carbocycles. The van der Waals surface area contributed by atoms with Crippen molar-refractivity contribution in [2.24, 2.45) is 0 Å². The van der Waals surface area contributed by atoms with Crippen molar-refractivity contribution in [1.29, 1.82) is 0 Å². The van der Waals surface area contributed by atoms with Gasteiger partial charge >= 0.3 is 0 Å². The number of anilines is 4. The summed E-state index contributed by atoms with van der Waals surface area (Å²) in [6.07, 6.45) is 1.66. The van der Waals surface area contributed by atoms with Crippen LogP contribution < -0.4 is 14.5 Å². The van der Waals surface area contributed by atoms with Crippen molar-refractivity contribution in [3.63, 3.8) is 0 Å².